The lowest BCUT2D eigenvalue weighted by atomic mass is 10.1. The zero-order valence-corrected chi connectivity index (χ0v) is 20.0. The SMILES string of the molecule is Cc1ccc(C(=O)Nc2cccc(C(F)(F)F)c2)cc1Nc1ncnc2cnc(N3CCCCC3)nc12. The summed E-state index contributed by atoms with van der Waals surface area (Å²) in [6, 6.07) is 9.50. The van der Waals surface area contributed by atoms with E-state index in [9.17, 15) is 18.0 Å². The molecule has 0 bridgehead atoms. The lowest BCUT2D eigenvalue weighted by Gasteiger charge is -2.26. The molecule has 0 spiro atoms. The third-order valence-electron chi connectivity index (χ3n) is 6.20. The molecule has 1 fully saturated rings. The monoisotopic (exact) mass is 507 g/mol. The van der Waals surface area contributed by atoms with Gasteiger partial charge in [-0.15, -0.1) is 0 Å². The van der Waals surface area contributed by atoms with E-state index < -0.39 is 17.6 Å². The first-order chi connectivity index (χ1) is 17.8. The van der Waals surface area contributed by atoms with Gasteiger partial charge < -0.3 is 15.5 Å². The fourth-order valence-electron chi connectivity index (χ4n) is 4.18. The van der Waals surface area contributed by atoms with E-state index in [1.54, 1.807) is 24.4 Å². The Morgan fingerprint density at radius 2 is 1.81 bits per heavy atom. The van der Waals surface area contributed by atoms with Crippen molar-refractivity contribution < 1.29 is 18.0 Å². The molecule has 8 nitrogen and oxygen atoms in total. The first kappa shape index (κ1) is 24.4. The summed E-state index contributed by atoms with van der Waals surface area (Å²) in [7, 11) is 0. The minimum atomic E-state index is -4.50. The Kier molecular flexibility index (Phi) is 6.60. The Balaban J connectivity index is 1.41. The van der Waals surface area contributed by atoms with E-state index in [1.807, 2.05) is 6.92 Å². The molecule has 0 unspecified atom stereocenters. The molecule has 2 aromatic heterocycles. The Morgan fingerprint density at radius 1 is 1.00 bits per heavy atom. The number of fused-ring (bicyclic) bond motifs is 1. The summed E-state index contributed by atoms with van der Waals surface area (Å²) in [5.41, 5.74) is 2.07. The molecule has 11 heteroatoms. The van der Waals surface area contributed by atoms with Crippen LogP contribution in [0.15, 0.2) is 55.0 Å². The number of hydrogen-bond acceptors (Lipinski definition) is 7. The zero-order valence-electron chi connectivity index (χ0n) is 20.0. The van der Waals surface area contributed by atoms with Gasteiger partial charge in [0.2, 0.25) is 5.95 Å². The van der Waals surface area contributed by atoms with Crippen molar-refractivity contribution in [1.29, 1.82) is 0 Å². The molecule has 5 rings (SSSR count). The summed E-state index contributed by atoms with van der Waals surface area (Å²) in [6.45, 7) is 3.66. The van der Waals surface area contributed by atoms with Crippen LogP contribution in [0, 0.1) is 6.92 Å². The third kappa shape index (κ3) is 5.45. The number of aromatic nitrogens is 4. The van der Waals surface area contributed by atoms with Crippen LogP contribution in [-0.4, -0.2) is 38.9 Å². The average Bonchev–Trinajstić information content (AvgIpc) is 2.90. The second-order valence-electron chi connectivity index (χ2n) is 8.86. The Hall–Kier alpha value is -4.28. The highest BCUT2D eigenvalue weighted by Gasteiger charge is 2.30. The van der Waals surface area contributed by atoms with Crippen LogP contribution in [0.2, 0.25) is 0 Å². The van der Waals surface area contributed by atoms with Crippen molar-refractivity contribution in [3.05, 3.63) is 71.7 Å². The summed E-state index contributed by atoms with van der Waals surface area (Å²) in [6.07, 6.45) is 1.95. The molecule has 2 N–H and O–H groups in total. The van der Waals surface area contributed by atoms with E-state index in [0.29, 0.717) is 28.5 Å². The number of hydrogen-bond donors (Lipinski definition) is 2. The maximum absolute atomic E-state index is 13.0. The van der Waals surface area contributed by atoms with Crippen molar-refractivity contribution in [2.75, 3.05) is 28.6 Å². The molecule has 2 aromatic carbocycles. The number of benzene rings is 2. The smallest absolute Gasteiger partial charge is 0.341 e. The van der Waals surface area contributed by atoms with Crippen molar-refractivity contribution in [2.45, 2.75) is 32.4 Å². The van der Waals surface area contributed by atoms with Crippen molar-refractivity contribution in [2.24, 2.45) is 0 Å². The number of carbonyl (C=O) groups is 1. The van der Waals surface area contributed by atoms with Gasteiger partial charge in [-0.25, -0.2) is 19.9 Å². The minimum Gasteiger partial charge on any atom is -0.341 e. The normalized spacial score (nSPS) is 14.0. The van der Waals surface area contributed by atoms with Gasteiger partial charge in [-0.3, -0.25) is 4.79 Å². The summed E-state index contributed by atoms with van der Waals surface area (Å²) in [4.78, 5) is 32.8. The molecule has 4 aromatic rings. The highest BCUT2D eigenvalue weighted by atomic mass is 19.4. The topological polar surface area (TPSA) is 95.9 Å². The minimum absolute atomic E-state index is 0.0543. The number of amides is 1. The molecule has 3 heterocycles. The van der Waals surface area contributed by atoms with Gasteiger partial charge in [-0.1, -0.05) is 12.1 Å². The van der Waals surface area contributed by atoms with Gasteiger partial charge in [-0.2, -0.15) is 13.2 Å². The zero-order chi connectivity index (χ0) is 26.0. The molecular weight excluding hydrogens is 483 g/mol. The van der Waals surface area contributed by atoms with Crippen molar-refractivity contribution in [3.63, 3.8) is 0 Å². The van der Waals surface area contributed by atoms with Gasteiger partial charge in [0.15, 0.2) is 5.82 Å². The van der Waals surface area contributed by atoms with Gasteiger partial charge >= 0.3 is 6.18 Å². The number of alkyl halides is 3. The van der Waals surface area contributed by atoms with Crippen LogP contribution in [-0.2, 0) is 6.18 Å². The van der Waals surface area contributed by atoms with Crippen LogP contribution in [0.25, 0.3) is 11.0 Å². The number of halogens is 3. The molecule has 0 saturated carbocycles. The number of carbonyl (C=O) groups excluding carboxylic acids is 1. The molecular formula is C26H24F3N7O. The second kappa shape index (κ2) is 10.00. The summed E-state index contributed by atoms with van der Waals surface area (Å²) >= 11 is 0. The second-order valence-corrected chi connectivity index (χ2v) is 8.86. The predicted octanol–water partition coefficient (Wildman–Crippen LogP) is 5.73. The van der Waals surface area contributed by atoms with Crippen LogP contribution >= 0.6 is 0 Å². The van der Waals surface area contributed by atoms with Crippen LogP contribution in [0.4, 0.5) is 36.3 Å². The van der Waals surface area contributed by atoms with Crippen LogP contribution in [0.5, 0.6) is 0 Å². The molecule has 1 aliphatic heterocycles. The maximum Gasteiger partial charge on any atom is 0.416 e. The number of rotatable bonds is 5. The van der Waals surface area contributed by atoms with Crippen molar-refractivity contribution >= 4 is 40.1 Å². The summed E-state index contributed by atoms with van der Waals surface area (Å²) in [5, 5.41) is 5.78. The molecule has 37 heavy (non-hydrogen) atoms. The molecule has 1 aliphatic rings. The van der Waals surface area contributed by atoms with Crippen molar-refractivity contribution in [1.82, 2.24) is 19.9 Å². The van der Waals surface area contributed by atoms with Crippen LogP contribution < -0.4 is 15.5 Å². The van der Waals surface area contributed by atoms with Gasteiger partial charge in [0, 0.05) is 30.0 Å². The summed E-state index contributed by atoms with van der Waals surface area (Å²) < 4.78 is 39.1. The van der Waals surface area contributed by atoms with E-state index in [2.05, 4.69) is 30.5 Å². The predicted molar refractivity (Wildman–Crippen MR) is 135 cm³/mol. The number of nitrogens with one attached hydrogen (secondary N) is 2. The Morgan fingerprint density at radius 3 is 2.59 bits per heavy atom. The van der Waals surface area contributed by atoms with Gasteiger partial charge in [0.1, 0.15) is 17.4 Å². The van der Waals surface area contributed by atoms with E-state index >= 15 is 0 Å². The Bertz CT molecular complexity index is 1450. The van der Waals surface area contributed by atoms with Crippen LogP contribution in [0.1, 0.15) is 40.7 Å². The van der Waals surface area contributed by atoms with E-state index in [4.69, 9.17) is 4.98 Å². The fourth-order valence-corrected chi connectivity index (χ4v) is 4.18. The van der Waals surface area contributed by atoms with Gasteiger partial charge in [0.05, 0.1) is 11.8 Å². The highest BCUT2D eigenvalue weighted by molar-refractivity contribution is 6.05. The summed E-state index contributed by atoms with van der Waals surface area (Å²) in [5.74, 6) is 0.546. The number of piperidine rings is 1. The first-order valence-corrected chi connectivity index (χ1v) is 11.9. The number of aryl methyl sites for hydroxylation is 1. The molecule has 1 saturated heterocycles. The molecule has 1 amide bonds. The van der Waals surface area contributed by atoms with Gasteiger partial charge in [0.25, 0.3) is 5.91 Å². The standard InChI is InChI=1S/C26H24F3N7O/c1-16-8-9-17(24(37)33-19-7-5-6-18(13-19)26(27,28)29)12-20(16)34-23-22-21(31-15-32-23)14-30-25(35-22)36-10-3-2-4-11-36/h5-9,12-15H,2-4,10-11H2,1H3,(H,33,37)(H,31,32,34). The Labute approximate surface area is 211 Å². The number of nitrogens with zero attached hydrogens (tertiary/aromatic N) is 5. The highest BCUT2D eigenvalue weighted by Crippen LogP contribution is 2.31. The maximum atomic E-state index is 13.0. The fraction of sp³-hybridized carbons (Fsp3) is 0.269. The van der Waals surface area contributed by atoms with E-state index in [1.165, 1.54) is 24.9 Å². The largest absolute Gasteiger partial charge is 0.416 e. The van der Waals surface area contributed by atoms with E-state index in [-0.39, 0.29) is 11.3 Å². The molecule has 0 aliphatic carbocycles. The molecule has 0 radical (unpaired) electrons. The molecule has 190 valence electrons. The van der Waals surface area contributed by atoms with E-state index in [0.717, 1.165) is 43.6 Å². The third-order valence-corrected chi connectivity index (χ3v) is 6.20. The first-order valence-electron chi connectivity index (χ1n) is 11.9. The lowest BCUT2D eigenvalue weighted by Crippen LogP contribution is -2.31. The average molecular weight is 508 g/mol. The number of anilines is 4. The van der Waals surface area contributed by atoms with Crippen LogP contribution in [0.3, 0.4) is 0 Å². The quantitative estimate of drug-likeness (QED) is 0.356. The van der Waals surface area contributed by atoms with Gasteiger partial charge in [-0.05, 0) is 62.1 Å². The molecule has 0 atom stereocenters. The van der Waals surface area contributed by atoms with Crippen molar-refractivity contribution in [3.8, 4) is 0 Å². The lowest BCUT2D eigenvalue weighted by molar-refractivity contribution is -0.137.